The number of carbonyl (C=O) groups excluding carboxylic acids is 3. The van der Waals surface area contributed by atoms with E-state index >= 15 is 0 Å². The molecular formula is C21H24N4O6S. The van der Waals surface area contributed by atoms with Crippen LogP contribution < -0.4 is 10.0 Å². The number of ketones is 1. The van der Waals surface area contributed by atoms with Gasteiger partial charge in [-0.25, -0.2) is 13.2 Å². The molecule has 1 aliphatic heterocycles. The smallest absolute Gasteiger partial charge is 0.355 e. The number of aryl methyl sites for hydroxylation is 1. The number of hydrogen-bond acceptors (Lipinski definition) is 7. The molecule has 11 heteroatoms. The van der Waals surface area contributed by atoms with E-state index in [1.807, 2.05) is 0 Å². The molecule has 0 fully saturated rings. The molecular weight excluding hydrogens is 436 g/mol. The zero-order valence-electron chi connectivity index (χ0n) is 17.9. The van der Waals surface area contributed by atoms with Crippen molar-refractivity contribution in [2.75, 3.05) is 18.5 Å². The van der Waals surface area contributed by atoms with Crippen LogP contribution in [0.2, 0.25) is 0 Å². The van der Waals surface area contributed by atoms with Crippen LogP contribution in [0.5, 0.6) is 0 Å². The summed E-state index contributed by atoms with van der Waals surface area (Å²) in [6.07, 6.45) is 1.36. The number of aliphatic imine (C=N–C) groups is 1. The van der Waals surface area contributed by atoms with E-state index in [0.717, 1.165) is 6.42 Å². The van der Waals surface area contributed by atoms with E-state index in [-0.39, 0.29) is 22.1 Å². The summed E-state index contributed by atoms with van der Waals surface area (Å²) < 4.78 is 32.5. The van der Waals surface area contributed by atoms with Gasteiger partial charge in [0, 0.05) is 29.9 Å². The lowest BCUT2D eigenvalue weighted by Gasteiger charge is -2.10. The van der Waals surface area contributed by atoms with Gasteiger partial charge in [0.15, 0.2) is 12.4 Å². The predicted molar refractivity (Wildman–Crippen MR) is 117 cm³/mol. The lowest BCUT2D eigenvalue weighted by atomic mass is 10.1. The van der Waals surface area contributed by atoms with Gasteiger partial charge in [0.2, 0.25) is 0 Å². The Bertz CT molecular complexity index is 1210. The molecule has 170 valence electrons. The first-order valence-electron chi connectivity index (χ1n) is 9.92. The van der Waals surface area contributed by atoms with Crippen LogP contribution >= 0.6 is 0 Å². The van der Waals surface area contributed by atoms with Crippen LogP contribution in [-0.4, -0.2) is 50.0 Å². The Kier molecular flexibility index (Phi) is 6.78. The van der Waals surface area contributed by atoms with E-state index in [1.165, 1.54) is 31.2 Å². The number of anilines is 1. The number of ether oxygens (including phenoxy) is 1. The van der Waals surface area contributed by atoms with Crippen molar-refractivity contribution in [3.8, 4) is 0 Å². The molecule has 2 aromatic rings. The molecule has 0 saturated heterocycles. The molecule has 2 heterocycles. The Morgan fingerprint density at radius 1 is 1.22 bits per heavy atom. The largest absolute Gasteiger partial charge is 0.451 e. The van der Waals surface area contributed by atoms with Gasteiger partial charge < -0.3 is 15.0 Å². The number of Topliss-reactive ketones (excluding diaryl/α,β-unsaturated/α-hetero) is 1. The minimum absolute atomic E-state index is 0.0313. The number of benzene rings is 1. The summed E-state index contributed by atoms with van der Waals surface area (Å²) in [4.78, 5) is 43.1. The number of nitrogens with zero attached hydrogens (tertiary/aromatic N) is 1. The molecule has 0 bridgehead atoms. The molecule has 3 rings (SSSR count). The summed E-state index contributed by atoms with van der Waals surface area (Å²) in [5.74, 6) is -1.19. The van der Waals surface area contributed by atoms with E-state index < -0.39 is 28.5 Å². The van der Waals surface area contributed by atoms with Crippen LogP contribution in [0.25, 0.3) is 0 Å². The third-order valence-electron chi connectivity index (χ3n) is 4.88. The number of nitrogens with one attached hydrogen (secondary N) is 3. The Morgan fingerprint density at radius 2 is 1.97 bits per heavy atom. The van der Waals surface area contributed by atoms with Gasteiger partial charge in [-0.05, 0) is 51.0 Å². The summed E-state index contributed by atoms with van der Waals surface area (Å²) >= 11 is 0. The SMILES string of the molecule is CC(=O)c1c(C)[nH]c(C(=O)OCC(=O)Nc2cccc(S(=O)(=O)NC3=NCCC3)c2)c1C. The fourth-order valence-electron chi connectivity index (χ4n) is 3.46. The van der Waals surface area contributed by atoms with Gasteiger partial charge in [-0.3, -0.25) is 19.3 Å². The fraction of sp³-hybridized carbons (Fsp3) is 0.333. The Morgan fingerprint density at radius 3 is 2.59 bits per heavy atom. The van der Waals surface area contributed by atoms with Crippen LogP contribution in [0.15, 0.2) is 34.2 Å². The summed E-state index contributed by atoms with van der Waals surface area (Å²) in [7, 11) is -3.83. The van der Waals surface area contributed by atoms with Gasteiger partial charge in [-0.15, -0.1) is 0 Å². The van der Waals surface area contributed by atoms with Crippen molar-refractivity contribution >= 4 is 39.2 Å². The van der Waals surface area contributed by atoms with Crippen LogP contribution in [-0.2, 0) is 19.6 Å². The van der Waals surface area contributed by atoms with Crippen LogP contribution in [0.4, 0.5) is 5.69 Å². The number of esters is 1. The quantitative estimate of drug-likeness (QED) is 0.426. The normalized spacial score (nSPS) is 13.4. The lowest BCUT2D eigenvalue weighted by molar-refractivity contribution is -0.119. The number of aromatic nitrogens is 1. The summed E-state index contributed by atoms with van der Waals surface area (Å²) in [5.41, 5.74) is 1.75. The molecule has 0 atom stereocenters. The predicted octanol–water partition coefficient (Wildman–Crippen LogP) is 2.10. The maximum absolute atomic E-state index is 12.5. The van der Waals surface area contributed by atoms with Crippen molar-refractivity contribution in [1.29, 1.82) is 0 Å². The van der Waals surface area contributed by atoms with Gasteiger partial charge in [0.25, 0.3) is 15.9 Å². The van der Waals surface area contributed by atoms with Crippen molar-refractivity contribution in [2.24, 2.45) is 4.99 Å². The molecule has 32 heavy (non-hydrogen) atoms. The van der Waals surface area contributed by atoms with Gasteiger partial charge in [0.05, 0.1) is 4.90 Å². The highest BCUT2D eigenvalue weighted by Crippen LogP contribution is 2.20. The highest BCUT2D eigenvalue weighted by molar-refractivity contribution is 7.90. The molecule has 1 aromatic heterocycles. The average Bonchev–Trinajstić information content (AvgIpc) is 3.33. The molecule has 0 saturated carbocycles. The van der Waals surface area contributed by atoms with Crippen LogP contribution in [0, 0.1) is 13.8 Å². The molecule has 1 aromatic carbocycles. The fourth-order valence-corrected chi connectivity index (χ4v) is 4.59. The summed E-state index contributed by atoms with van der Waals surface area (Å²) in [6.45, 7) is 4.69. The molecule has 3 N–H and O–H groups in total. The van der Waals surface area contributed by atoms with Crippen molar-refractivity contribution in [1.82, 2.24) is 9.71 Å². The zero-order chi connectivity index (χ0) is 23.5. The Labute approximate surface area is 185 Å². The van der Waals surface area contributed by atoms with Crippen molar-refractivity contribution in [2.45, 2.75) is 38.5 Å². The number of amides is 1. The summed E-state index contributed by atoms with van der Waals surface area (Å²) in [5, 5.41) is 2.50. The summed E-state index contributed by atoms with van der Waals surface area (Å²) in [6, 6.07) is 5.70. The first kappa shape index (κ1) is 23.2. The maximum Gasteiger partial charge on any atom is 0.355 e. The molecule has 1 amide bonds. The third-order valence-corrected chi connectivity index (χ3v) is 6.26. The second kappa shape index (κ2) is 9.35. The standard InChI is InChI=1S/C21H24N4O6S/c1-12-19(14(3)26)13(2)23-20(12)21(28)31-11-18(27)24-15-6-4-7-16(10-15)32(29,30)25-17-8-5-9-22-17/h4,6-7,10,23H,5,8-9,11H2,1-3H3,(H,22,25)(H,24,27). The molecule has 10 nitrogen and oxygen atoms in total. The molecule has 0 unspecified atom stereocenters. The number of sulfonamides is 1. The topological polar surface area (TPSA) is 147 Å². The molecule has 0 radical (unpaired) electrons. The Hall–Kier alpha value is -3.47. The first-order valence-corrected chi connectivity index (χ1v) is 11.4. The van der Waals surface area contributed by atoms with E-state index in [1.54, 1.807) is 13.8 Å². The van der Waals surface area contributed by atoms with E-state index in [2.05, 4.69) is 20.0 Å². The second-order valence-corrected chi connectivity index (χ2v) is 9.05. The van der Waals surface area contributed by atoms with Gasteiger partial charge in [-0.1, -0.05) is 6.07 Å². The molecule has 0 spiro atoms. The van der Waals surface area contributed by atoms with E-state index in [4.69, 9.17) is 4.74 Å². The van der Waals surface area contributed by atoms with Crippen molar-refractivity contribution in [3.63, 3.8) is 0 Å². The highest BCUT2D eigenvalue weighted by atomic mass is 32.2. The van der Waals surface area contributed by atoms with E-state index in [0.29, 0.717) is 35.6 Å². The van der Waals surface area contributed by atoms with Gasteiger partial charge in [-0.2, -0.15) is 0 Å². The zero-order valence-corrected chi connectivity index (χ0v) is 18.8. The number of aromatic amines is 1. The van der Waals surface area contributed by atoms with Crippen LogP contribution in [0.1, 0.15) is 51.9 Å². The van der Waals surface area contributed by atoms with Crippen molar-refractivity contribution < 1.29 is 27.5 Å². The number of rotatable bonds is 7. The minimum Gasteiger partial charge on any atom is -0.451 e. The second-order valence-electron chi connectivity index (χ2n) is 7.37. The lowest BCUT2D eigenvalue weighted by Crippen LogP contribution is -2.29. The van der Waals surface area contributed by atoms with Gasteiger partial charge in [0.1, 0.15) is 11.5 Å². The monoisotopic (exact) mass is 460 g/mol. The Balaban J connectivity index is 1.62. The minimum atomic E-state index is -3.83. The number of carbonyl (C=O) groups is 3. The highest BCUT2D eigenvalue weighted by Gasteiger charge is 2.22. The number of H-pyrrole nitrogens is 1. The third kappa shape index (κ3) is 5.22. The number of amidine groups is 1. The van der Waals surface area contributed by atoms with Gasteiger partial charge >= 0.3 is 5.97 Å². The van der Waals surface area contributed by atoms with E-state index in [9.17, 15) is 22.8 Å². The number of hydrogen-bond donors (Lipinski definition) is 3. The van der Waals surface area contributed by atoms with Crippen molar-refractivity contribution in [3.05, 3.63) is 46.8 Å². The maximum atomic E-state index is 12.5. The average molecular weight is 461 g/mol. The molecule has 0 aliphatic carbocycles. The first-order chi connectivity index (χ1) is 15.1. The molecule has 1 aliphatic rings. The van der Waals surface area contributed by atoms with Crippen LogP contribution in [0.3, 0.4) is 0 Å².